The summed E-state index contributed by atoms with van der Waals surface area (Å²) in [5.41, 5.74) is 1.72. The molecule has 1 amide bonds. The number of nitro benzene ring substituents is 1. The first-order chi connectivity index (χ1) is 15.0. The summed E-state index contributed by atoms with van der Waals surface area (Å²) in [6.07, 6.45) is 0. The van der Waals surface area contributed by atoms with E-state index in [9.17, 15) is 19.3 Å². The Hall–Kier alpha value is -4.20. The fraction of sp³-hybridized carbons (Fsp3) is 0.0870. The van der Waals surface area contributed by atoms with Crippen LogP contribution < -0.4 is 10.1 Å². The average Bonchev–Trinajstić information content (AvgIpc) is 3.13. The number of halogens is 1. The molecule has 1 N–H and O–H groups in total. The zero-order valence-corrected chi connectivity index (χ0v) is 16.5. The first-order valence-corrected chi connectivity index (χ1v) is 9.43. The summed E-state index contributed by atoms with van der Waals surface area (Å²) in [6, 6.07) is 19.0. The highest BCUT2D eigenvalue weighted by atomic mass is 19.1. The van der Waals surface area contributed by atoms with Crippen LogP contribution in [0.2, 0.25) is 0 Å². The molecule has 0 fully saturated rings. The predicted octanol–water partition coefficient (Wildman–Crippen LogP) is 5.00. The third-order valence-electron chi connectivity index (χ3n) is 4.96. The minimum atomic E-state index is -0.495. The van der Waals surface area contributed by atoms with Crippen LogP contribution in [0.4, 0.5) is 15.8 Å². The number of benzene rings is 3. The van der Waals surface area contributed by atoms with Crippen molar-refractivity contribution < 1.29 is 18.8 Å². The molecular formula is C23H18FN3O4. The molecule has 0 atom stereocenters. The summed E-state index contributed by atoms with van der Waals surface area (Å²) in [4.78, 5) is 23.7. The van der Waals surface area contributed by atoms with Crippen LogP contribution in [-0.2, 0) is 6.54 Å². The molecule has 7 nitrogen and oxygen atoms in total. The van der Waals surface area contributed by atoms with Crippen molar-refractivity contribution in [3.8, 4) is 5.75 Å². The van der Waals surface area contributed by atoms with E-state index in [-0.39, 0.29) is 17.9 Å². The number of aromatic nitrogens is 1. The number of hydrogen-bond acceptors (Lipinski definition) is 4. The molecule has 4 aromatic rings. The fourth-order valence-electron chi connectivity index (χ4n) is 3.40. The number of nitrogens with zero attached hydrogens (tertiary/aromatic N) is 2. The van der Waals surface area contributed by atoms with Crippen molar-refractivity contribution in [1.82, 2.24) is 4.57 Å². The van der Waals surface area contributed by atoms with E-state index in [4.69, 9.17) is 4.74 Å². The molecule has 8 heteroatoms. The van der Waals surface area contributed by atoms with Crippen molar-refractivity contribution in [2.24, 2.45) is 0 Å². The molecule has 31 heavy (non-hydrogen) atoms. The lowest BCUT2D eigenvalue weighted by Gasteiger charge is -2.12. The first-order valence-electron chi connectivity index (χ1n) is 9.43. The normalized spacial score (nSPS) is 10.8. The Kier molecular flexibility index (Phi) is 5.36. The second-order valence-corrected chi connectivity index (χ2v) is 6.89. The Morgan fingerprint density at radius 2 is 1.84 bits per heavy atom. The van der Waals surface area contributed by atoms with Crippen molar-refractivity contribution in [3.63, 3.8) is 0 Å². The zero-order chi connectivity index (χ0) is 22.0. The SMILES string of the molecule is COc1ccc(NC(=O)c2cc3cc([N+](=O)[O-])ccc3n2Cc2ccccc2F)cc1. The highest BCUT2D eigenvalue weighted by Gasteiger charge is 2.19. The van der Waals surface area contributed by atoms with Crippen molar-refractivity contribution in [3.05, 3.63) is 100.0 Å². The van der Waals surface area contributed by atoms with Crippen LogP contribution in [0.15, 0.2) is 72.8 Å². The van der Waals surface area contributed by atoms with Crippen LogP contribution in [0.3, 0.4) is 0 Å². The van der Waals surface area contributed by atoms with Crippen LogP contribution in [0.1, 0.15) is 16.1 Å². The van der Waals surface area contributed by atoms with Gasteiger partial charge in [-0.15, -0.1) is 0 Å². The van der Waals surface area contributed by atoms with Crippen LogP contribution in [0, 0.1) is 15.9 Å². The van der Waals surface area contributed by atoms with Gasteiger partial charge in [-0.2, -0.15) is 0 Å². The average molecular weight is 419 g/mol. The largest absolute Gasteiger partial charge is 0.497 e. The van der Waals surface area contributed by atoms with E-state index in [2.05, 4.69) is 5.32 Å². The van der Waals surface area contributed by atoms with E-state index < -0.39 is 16.6 Å². The Balaban J connectivity index is 1.76. The molecule has 0 aliphatic carbocycles. The molecule has 3 aromatic carbocycles. The number of nitrogens with one attached hydrogen (secondary N) is 1. The van der Waals surface area contributed by atoms with E-state index in [1.54, 1.807) is 66.3 Å². The fourth-order valence-corrected chi connectivity index (χ4v) is 3.40. The number of carbonyl (C=O) groups is 1. The van der Waals surface area contributed by atoms with Gasteiger partial charge in [0.1, 0.15) is 17.3 Å². The van der Waals surface area contributed by atoms with Crippen LogP contribution >= 0.6 is 0 Å². The van der Waals surface area contributed by atoms with Gasteiger partial charge in [-0.1, -0.05) is 18.2 Å². The minimum Gasteiger partial charge on any atom is -0.497 e. The number of methoxy groups -OCH3 is 1. The molecule has 4 rings (SSSR count). The summed E-state index contributed by atoms with van der Waals surface area (Å²) in [5, 5.41) is 14.5. The number of rotatable bonds is 6. The molecule has 0 radical (unpaired) electrons. The summed E-state index contributed by atoms with van der Waals surface area (Å²) in [6.45, 7) is 0.0966. The Labute approximate surface area is 176 Å². The summed E-state index contributed by atoms with van der Waals surface area (Å²) in [7, 11) is 1.55. The van der Waals surface area contributed by atoms with Crippen molar-refractivity contribution in [2.75, 3.05) is 12.4 Å². The number of amides is 1. The summed E-state index contributed by atoms with van der Waals surface area (Å²) >= 11 is 0. The molecule has 1 aromatic heterocycles. The predicted molar refractivity (Wildman–Crippen MR) is 115 cm³/mol. The first kappa shape index (κ1) is 20.1. The van der Waals surface area contributed by atoms with Gasteiger partial charge in [0.25, 0.3) is 11.6 Å². The van der Waals surface area contributed by atoms with Gasteiger partial charge in [0.15, 0.2) is 0 Å². The Bertz CT molecular complexity index is 1280. The van der Waals surface area contributed by atoms with Gasteiger partial charge < -0.3 is 14.6 Å². The van der Waals surface area contributed by atoms with Crippen LogP contribution in [0.25, 0.3) is 10.9 Å². The van der Waals surface area contributed by atoms with Crippen molar-refractivity contribution >= 4 is 28.2 Å². The lowest BCUT2D eigenvalue weighted by Crippen LogP contribution is -2.17. The third kappa shape index (κ3) is 4.09. The number of nitro groups is 1. The topological polar surface area (TPSA) is 86.4 Å². The van der Waals surface area contributed by atoms with E-state index in [0.29, 0.717) is 27.9 Å². The number of anilines is 1. The number of carbonyl (C=O) groups excluding carboxylic acids is 1. The van der Waals surface area contributed by atoms with Crippen LogP contribution in [0.5, 0.6) is 5.75 Å². The monoisotopic (exact) mass is 419 g/mol. The maximum atomic E-state index is 14.3. The lowest BCUT2D eigenvalue weighted by molar-refractivity contribution is -0.384. The third-order valence-corrected chi connectivity index (χ3v) is 4.96. The number of fused-ring (bicyclic) bond motifs is 1. The summed E-state index contributed by atoms with van der Waals surface area (Å²) in [5.74, 6) is -0.160. The van der Waals surface area contributed by atoms with Gasteiger partial charge in [0, 0.05) is 34.3 Å². The maximum absolute atomic E-state index is 14.3. The number of ether oxygens (including phenoxy) is 1. The van der Waals surface area contributed by atoms with Crippen molar-refractivity contribution in [2.45, 2.75) is 6.54 Å². The molecule has 0 bridgehead atoms. The molecule has 0 saturated carbocycles. The van der Waals surface area contributed by atoms with Gasteiger partial charge >= 0.3 is 0 Å². The van der Waals surface area contributed by atoms with E-state index in [1.165, 1.54) is 18.2 Å². The van der Waals surface area contributed by atoms with E-state index >= 15 is 0 Å². The van der Waals surface area contributed by atoms with Crippen LogP contribution in [-0.4, -0.2) is 22.5 Å². The van der Waals surface area contributed by atoms with Crippen molar-refractivity contribution in [1.29, 1.82) is 0 Å². The van der Waals surface area contributed by atoms with Gasteiger partial charge in [-0.3, -0.25) is 14.9 Å². The quantitative estimate of drug-likeness (QED) is 0.352. The molecule has 0 saturated heterocycles. The molecular weight excluding hydrogens is 401 g/mol. The minimum absolute atomic E-state index is 0.0855. The zero-order valence-electron chi connectivity index (χ0n) is 16.5. The summed E-state index contributed by atoms with van der Waals surface area (Å²) < 4.78 is 21.1. The molecule has 156 valence electrons. The molecule has 0 unspecified atom stereocenters. The molecule has 0 aliphatic rings. The van der Waals surface area contributed by atoms with E-state index in [1.807, 2.05) is 0 Å². The van der Waals surface area contributed by atoms with Gasteiger partial charge in [0.05, 0.1) is 18.6 Å². The highest BCUT2D eigenvalue weighted by Crippen LogP contribution is 2.27. The maximum Gasteiger partial charge on any atom is 0.272 e. The van der Waals surface area contributed by atoms with E-state index in [0.717, 1.165) is 0 Å². The molecule has 0 aliphatic heterocycles. The second kappa shape index (κ2) is 8.27. The van der Waals surface area contributed by atoms with Gasteiger partial charge in [0.2, 0.25) is 0 Å². The molecule has 0 spiro atoms. The Morgan fingerprint density at radius 3 is 2.52 bits per heavy atom. The number of non-ortho nitro benzene ring substituents is 1. The lowest BCUT2D eigenvalue weighted by atomic mass is 10.2. The second-order valence-electron chi connectivity index (χ2n) is 6.89. The standard InChI is InChI=1S/C23H18FN3O4/c1-31-19-9-6-17(7-10-19)25-23(28)22-13-16-12-18(27(29)30)8-11-21(16)26(22)14-15-4-2-3-5-20(15)24/h2-13H,14H2,1H3,(H,25,28). The highest BCUT2D eigenvalue weighted by molar-refractivity contribution is 6.06. The number of hydrogen-bond donors (Lipinski definition) is 1. The van der Waals surface area contributed by atoms with Gasteiger partial charge in [-0.25, -0.2) is 4.39 Å². The van der Waals surface area contributed by atoms with Gasteiger partial charge in [-0.05, 0) is 42.5 Å². The molecule has 1 heterocycles. The smallest absolute Gasteiger partial charge is 0.272 e. The Morgan fingerprint density at radius 1 is 1.10 bits per heavy atom.